The second-order valence-corrected chi connectivity index (χ2v) is 6.18. The van der Waals surface area contributed by atoms with Gasteiger partial charge in [-0.3, -0.25) is 10.1 Å². The van der Waals surface area contributed by atoms with E-state index in [-0.39, 0.29) is 18.0 Å². The molecule has 0 amide bonds. The van der Waals surface area contributed by atoms with Crippen molar-refractivity contribution in [1.82, 2.24) is 4.31 Å². The fourth-order valence-corrected chi connectivity index (χ4v) is 4.10. The SMILES string of the molecule is O=[N+]([O-])c1ccccc1S(=O)(=O)N1CCC[C@@H]1CO. The molecule has 1 N–H and O–H groups in total. The van der Waals surface area contributed by atoms with Crippen molar-refractivity contribution in [2.75, 3.05) is 13.2 Å². The van der Waals surface area contributed by atoms with Gasteiger partial charge in [-0.2, -0.15) is 4.31 Å². The maximum absolute atomic E-state index is 12.4. The summed E-state index contributed by atoms with van der Waals surface area (Å²) >= 11 is 0. The topological polar surface area (TPSA) is 101 Å². The Hall–Kier alpha value is -1.51. The van der Waals surface area contributed by atoms with Crippen molar-refractivity contribution in [1.29, 1.82) is 0 Å². The monoisotopic (exact) mass is 286 g/mol. The van der Waals surface area contributed by atoms with E-state index in [4.69, 9.17) is 0 Å². The summed E-state index contributed by atoms with van der Waals surface area (Å²) in [6, 6.07) is 4.76. The summed E-state index contributed by atoms with van der Waals surface area (Å²) in [4.78, 5) is 9.88. The smallest absolute Gasteiger partial charge is 0.289 e. The van der Waals surface area contributed by atoms with Gasteiger partial charge in [0.2, 0.25) is 10.0 Å². The number of aliphatic hydroxyl groups excluding tert-OH is 1. The zero-order valence-electron chi connectivity index (χ0n) is 10.1. The summed E-state index contributed by atoms with van der Waals surface area (Å²) in [6.07, 6.45) is 1.21. The number of rotatable bonds is 4. The molecule has 0 bridgehead atoms. The lowest BCUT2D eigenvalue weighted by atomic mass is 10.2. The lowest BCUT2D eigenvalue weighted by Crippen LogP contribution is -2.37. The molecule has 1 aliphatic heterocycles. The fraction of sp³-hybridized carbons (Fsp3) is 0.455. The molecule has 7 nitrogen and oxygen atoms in total. The standard InChI is InChI=1S/C11H14N2O5S/c14-8-9-4-3-7-12(9)19(17,18)11-6-2-1-5-10(11)13(15)16/h1-2,5-6,9,14H,3-4,7-8H2/t9-/m1/s1. The highest BCUT2D eigenvalue weighted by molar-refractivity contribution is 7.89. The molecule has 8 heteroatoms. The summed E-state index contributed by atoms with van der Waals surface area (Å²) in [7, 11) is -3.94. The molecule has 0 unspecified atom stereocenters. The van der Waals surface area contributed by atoms with Crippen LogP contribution in [-0.4, -0.2) is 41.9 Å². The van der Waals surface area contributed by atoms with Gasteiger partial charge in [0.05, 0.1) is 11.5 Å². The Balaban J connectivity index is 2.48. The minimum absolute atomic E-state index is 0.277. The molecule has 0 radical (unpaired) electrons. The van der Waals surface area contributed by atoms with E-state index in [1.165, 1.54) is 18.2 Å². The van der Waals surface area contributed by atoms with Crippen LogP contribution in [0.4, 0.5) is 5.69 Å². The van der Waals surface area contributed by atoms with E-state index >= 15 is 0 Å². The predicted molar refractivity (Wildman–Crippen MR) is 67.1 cm³/mol. The van der Waals surface area contributed by atoms with Gasteiger partial charge in [-0.15, -0.1) is 0 Å². The van der Waals surface area contributed by atoms with Crippen LogP contribution < -0.4 is 0 Å². The number of hydrogen-bond acceptors (Lipinski definition) is 5. The number of benzene rings is 1. The highest BCUT2D eigenvalue weighted by atomic mass is 32.2. The lowest BCUT2D eigenvalue weighted by molar-refractivity contribution is -0.387. The Morgan fingerprint density at radius 2 is 2.11 bits per heavy atom. The number of nitro benzene ring substituents is 1. The first kappa shape index (κ1) is 13.9. The predicted octanol–water partition coefficient (Wildman–Crippen LogP) is 0.740. The average molecular weight is 286 g/mol. The second-order valence-electron chi connectivity index (χ2n) is 4.32. The molecule has 0 aromatic heterocycles. The van der Waals surface area contributed by atoms with Crippen LogP contribution in [0.25, 0.3) is 0 Å². The molecule has 1 aliphatic rings. The summed E-state index contributed by atoms with van der Waals surface area (Å²) in [5, 5.41) is 20.1. The Morgan fingerprint density at radius 1 is 1.42 bits per heavy atom. The molecule has 1 aromatic carbocycles. The van der Waals surface area contributed by atoms with Gasteiger partial charge < -0.3 is 5.11 Å². The van der Waals surface area contributed by atoms with Crippen LogP contribution in [0.5, 0.6) is 0 Å². The van der Waals surface area contributed by atoms with Crippen LogP contribution in [-0.2, 0) is 10.0 Å². The Labute approximate surface area is 110 Å². The Bertz CT molecular complexity index is 587. The van der Waals surface area contributed by atoms with Gasteiger partial charge in [0.1, 0.15) is 0 Å². The summed E-state index contributed by atoms with van der Waals surface area (Å²) in [5.74, 6) is 0. The zero-order chi connectivity index (χ0) is 14.0. The van der Waals surface area contributed by atoms with Crippen molar-refractivity contribution < 1.29 is 18.4 Å². The maximum Gasteiger partial charge on any atom is 0.289 e. The van der Waals surface area contributed by atoms with E-state index in [1.54, 1.807) is 0 Å². The molecule has 1 fully saturated rings. The van der Waals surface area contributed by atoms with E-state index in [1.807, 2.05) is 0 Å². The van der Waals surface area contributed by atoms with Crippen molar-refractivity contribution in [2.24, 2.45) is 0 Å². The van der Waals surface area contributed by atoms with Gasteiger partial charge in [0.25, 0.3) is 5.69 Å². The highest BCUT2D eigenvalue weighted by Gasteiger charge is 2.38. The number of para-hydroxylation sites is 1. The number of hydrogen-bond donors (Lipinski definition) is 1. The number of nitrogens with zero attached hydrogens (tertiary/aromatic N) is 2. The third-order valence-electron chi connectivity index (χ3n) is 3.18. The van der Waals surface area contributed by atoms with Gasteiger partial charge in [-0.25, -0.2) is 8.42 Å². The van der Waals surface area contributed by atoms with Crippen LogP contribution in [0.1, 0.15) is 12.8 Å². The normalized spacial score (nSPS) is 20.6. The third kappa shape index (κ3) is 2.46. The summed E-state index contributed by atoms with van der Waals surface area (Å²) < 4.78 is 26.0. The first-order valence-electron chi connectivity index (χ1n) is 5.84. The van der Waals surface area contributed by atoms with Crippen LogP contribution in [0.3, 0.4) is 0 Å². The first-order valence-corrected chi connectivity index (χ1v) is 7.28. The van der Waals surface area contributed by atoms with E-state index in [2.05, 4.69) is 0 Å². The molecule has 1 atom stereocenters. The number of aliphatic hydroxyl groups is 1. The highest BCUT2D eigenvalue weighted by Crippen LogP contribution is 2.30. The van der Waals surface area contributed by atoms with Crippen molar-refractivity contribution in [3.05, 3.63) is 34.4 Å². The van der Waals surface area contributed by atoms with Crippen LogP contribution in [0, 0.1) is 10.1 Å². The largest absolute Gasteiger partial charge is 0.395 e. The van der Waals surface area contributed by atoms with Gasteiger partial charge >= 0.3 is 0 Å². The molecule has 1 heterocycles. The summed E-state index contributed by atoms with van der Waals surface area (Å²) in [6.45, 7) is -0.000526. The van der Waals surface area contributed by atoms with Gasteiger partial charge in [0, 0.05) is 18.7 Å². The first-order chi connectivity index (χ1) is 8.98. The molecule has 104 valence electrons. The van der Waals surface area contributed by atoms with Gasteiger partial charge in [-0.1, -0.05) is 12.1 Å². The maximum atomic E-state index is 12.4. The van der Waals surface area contributed by atoms with Gasteiger partial charge in [-0.05, 0) is 18.9 Å². The lowest BCUT2D eigenvalue weighted by Gasteiger charge is -2.22. The minimum Gasteiger partial charge on any atom is -0.395 e. The molecule has 19 heavy (non-hydrogen) atoms. The molecule has 1 aromatic rings. The molecular formula is C11H14N2O5S. The van der Waals surface area contributed by atoms with E-state index in [9.17, 15) is 23.6 Å². The van der Waals surface area contributed by atoms with Crippen molar-refractivity contribution >= 4 is 15.7 Å². The zero-order valence-corrected chi connectivity index (χ0v) is 10.9. The van der Waals surface area contributed by atoms with Gasteiger partial charge in [0.15, 0.2) is 4.90 Å². The van der Waals surface area contributed by atoms with E-state index < -0.39 is 26.7 Å². The minimum atomic E-state index is -3.94. The molecular weight excluding hydrogens is 272 g/mol. The average Bonchev–Trinajstić information content (AvgIpc) is 2.87. The van der Waals surface area contributed by atoms with Crippen LogP contribution in [0.2, 0.25) is 0 Å². The fourth-order valence-electron chi connectivity index (χ4n) is 2.26. The second kappa shape index (κ2) is 5.24. The van der Waals surface area contributed by atoms with Crippen LogP contribution in [0.15, 0.2) is 29.2 Å². The molecule has 0 spiro atoms. The number of nitro groups is 1. The Morgan fingerprint density at radius 3 is 2.74 bits per heavy atom. The van der Waals surface area contributed by atoms with Crippen LogP contribution >= 0.6 is 0 Å². The van der Waals surface area contributed by atoms with Crippen molar-refractivity contribution in [2.45, 2.75) is 23.8 Å². The molecule has 0 saturated carbocycles. The Kier molecular flexibility index (Phi) is 3.83. The molecule has 2 rings (SSSR count). The van der Waals surface area contributed by atoms with Crippen molar-refractivity contribution in [3.63, 3.8) is 0 Å². The molecule has 0 aliphatic carbocycles. The molecule has 1 saturated heterocycles. The third-order valence-corrected chi connectivity index (χ3v) is 5.18. The van der Waals surface area contributed by atoms with E-state index in [0.717, 1.165) is 10.4 Å². The van der Waals surface area contributed by atoms with Crippen molar-refractivity contribution in [3.8, 4) is 0 Å². The number of sulfonamides is 1. The summed E-state index contributed by atoms with van der Waals surface area (Å²) in [5.41, 5.74) is -0.439. The quantitative estimate of drug-likeness (QED) is 0.650. The van der Waals surface area contributed by atoms with E-state index in [0.29, 0.717) is 12.8 Å².